The first kappa shape index (κ1) is 12.2. The number of carbonyl (C=O) groups excluding carboxylic acids is 1. The van der Waals surface area contributed by atoms with Gasteiger partial charge in [-0.2, -0.15) is 0 Å². The molecule has 15 heavy (non-hydrogen) atoms. The summed E-state index contributed by atoms with van der Waals surface area (Å²) in [5, 5.41) is 0. The normalized spacial score (nSPS) is 11.2. The number of hydrogen-bond acceptors (Lipinski definition) is 2. The van der Waals surface area contributed by atoms with Gasteiger partial charge in [0.25, 0.3) is 0 Å². The molecule has 0 atom stereocenters. The number of carbonyl (C=O) groups is 1. The summed E-state index contributed by atoms with van der Waals surface area (Å²) < 4.78 is -0.510. The van der Waals surface area contributed by atoms with Crippen molar-refractivity contribution < 1.29 is 4.79 Å². The zero-order chi connectivity index (χ0) is 11.5. The standard InChI is InChI=1S/C11H15BrN2O/c1-11(2,12)10(15)14(3)8-9-5-4-6-13-7-9/h4-7H,8H2,1-3H3. The van der Waals surface area contributed by atoms with E-state index in [2.05, 4.69) is 20.9 Å². The zero-order valence-electron chi connectivity index (χ0n) is 9.20. The Labute approximate surface area is 98.6 Å². The van der Waals surface area contributed by atoms with Gasteiger partial charge in [0.15, 0.2) is 0 Å². The third-order valence-electron chi connectivity index (χ3n) is 2.00. The minimum absolute atomic E-state index is 0.0614. The fourth-order valence-electron chi connectivity index (χ4n) is 1.29. The number of pyridine rings is 1. The van der Waals surface area contributed by atoms with Crippen LogP contribution < -0.4 is 0 Å². The average molecular weight is 271 g/mol. The smallest absolute Gasteiger partial charge is 0.238 e. The molecule has 82 valence electrons. The summed E-state index contributed by atoms with van der Waals surface area (Å²) in [5.41, 5.74) is 1.03. The topological polar surface area (TPSA) is 33.2 Å². The maximum Gasteiger partial charge on any atom is 0.238 e. The fourth-order valence-corrected chi connectivity index (χ4v) is 1.59. The van der Waals surface area contributed by atoms with Gasteiger partial charge in [0.2, 0.25) is 5.91 Å². The van der Waals surface area contributed by atoms with E-state index in [0.717, 1.165) is 5.56 Å². The van der Waals surface area contributed by atoms with Crippen molar-refractivity contribution in [1.29, 1.82) is 0 Å². The summed E-state index contributed by atoms with van der Waals surface area (Å²) in [6.07, 6.45) is 3.49. The van der Waals surface area contributed by atoms with Crippen LogP contribution in [0.25, 0.3) is 0 Å². The lowest BCUT2D eigenvalue weighted by Crippen LogP contribution is -2.38. The van der Waals surface area contributed by atoms with Crippen molar-refractivity contribution in [2.45, 2.75) is 24.7 Å². The van der Waals surface area contributed by atoms with E-state index in [1.54, 1.807) is 24.3 Å². The highest BCUT2D eigenvalue weighted by Gasteiger charge is 2.26. The minimum Gasteiger partial charge on any atom is -0.340 e. The Kier molecular flexibility index (Phi) is 3.85. The number of hydrogen-bond donors (Lipinski definition) is 0. The van der Waals surface area contributed by atoms with E-state index in [0.29, 0.717) is 6.54 Å². The summed E-state index contributed by atoms with van der Waals surface area (Å²) in [7, 11) is 1.79. The Morgan fingerprint density at radius 3 is 2.73 bits per heavy atom. The molecule has 0 spiro atoms. The molecule has 0 unspecified atom stereocenters. The Morgan fingerprint density at radius 1 is 1.60 bits per heavy atom. The first-order valence-corrected chi connectivity index (χ1v) is 5.54. The van der Waals surface area contributed by atoms with E-state index in [-0.39, 0.29) is 5.91 Å². The summed E-state index contributed by atoms with van der Waals surface area (Å²) in [5.74, 6) is 0.0614. The van der Waals surface area contributed by atoms with Crippen molar-refractivity contribution >= 4 is 21.8 Å². The van der Waals surface area contributed by atoms with Gasteiger partial charge in [0, 0.05) is 26.0 Å². The van der Waals surface area contributed by atoms with Crippen LogP contribution in [0.2, 0.25) is 0 Å². The second-order valence-corrected chi connectivity index (χ2v) is 5.98. The maximum atomic E-state index is 11.8. The summed E-state index contributed by atoms with van der Waals surface area (Å²) in [4.78, 5) is 17.5. The monoisotopic (exact) mass is 270 g/mol. The van der Waals surface area contributed by atoms with Crippen molar-refractivity contribution in [2.75, 3.05) is 7.05 Å². The van der Waals surface area contributed by atoms with E-state index in [1.807, 2.05) is 26.0 Å². The van der Waals surface area contributed by atoms with Crippen LogP contribution >= 0.6 is 15.9 Å². The van der Waals surface area contributed by atoms with Crippen molar-refractivity contribution in [3.05, 3.63) is 30.1 Å². The molecule has 0 saturated carbocycles. The molecule has 1 heterocycles. The SMILES string of the molecule is CN(Cc1cccnc1)C(=O)C(C)(C)Br. The first-order chi connectivity index (χ1) is 6.91. The lowest BCUT2D eigenvalue weighted by Gasteiger charge is -2.24. The molecule has 1 rings (SSSR count). The van der Waals surface area contributed by atoms with Gasteiger partial charge in [-0.3, -0.25) is 9.78 Å². The van der Waals surface area contributed by atoms with Crippen molar-refractivity contribution in [1.82, 2.24) is 9.88 Å². The molecule has 0 saturated heterocycles. The van der Waals surface area contributed by atoms with Gasteiger partial charge in [-0.15, -0.1) is 0 Å². The summed E-state index contributed by atoms with van der Waals surface area (Å²) in [6, 6.07) is 3.82. The van der Waals surface area contributed by atoms with E-state index in [1.165, 1.54) is 0 Å². The van der Waals surface area contributed by atoms with Gasteiger partial charge < -0.3 is 4.90 Å². The minimum atomic E-state index is -0.510. The van der Waals surface area contributed by atoms with E-state index in [9.17, 15) is 4.79 Å². The molecule has 4 heteroatoms. The molecular formula is C11H15BrN2O. The zero-order valence-corrected chi connectivity index (χ0v) is 10.8. The third kappa shape index (κ3) is 3.63. The average Bonchev–Trinajstić information content (AvgIpc) is 2.16. The molecule has 0 aromatic carbocycles. The van der Waals surface area contributed by atoms with Crippen molar-refractivity contribution in [2.24, 2.45) is 0 Å². The molecule has 0 bridgehead atoms. The van der Waals surface area contributed by atoms with Gasteiger partial charge in [0.05, 0.1) is 4.32 Å². The fraction of sp³-hybridized carbons (Fsp3) is 0.455. The maximum absolute atomic E-state index is 11.8. The van der Waals surface area contributed by atoms with Gasteiger partial charge in [0.1, 0.15) is 0 Å². The number of amides is 1. The molecule has 1 amide bonds. The molecule has 0 N–H and O–H groups in total. The van der Waals surface area contributed by atoms with E-state index >= 15 is 0 Å². The van der Waals surface area contributed by atoms with Gasteiger partial charge in [-0.05, 0) is 25.5 Å². The largest absolute Gasteiger partial charge is 0.340 e. The number of alkyl halides is 1. The number of nitrogens with zero attached hydrogens (tertiary/aromatic N) is 2. The van der Waals surface area contributed by atoms with Crippen molar-refractivity contribution in [3.8, 4) is 0 Å². The second-order valence-electron chi connectivity index (χ2n) is 3.99. The number of aromatic nitrogens is 1. The first-order valence-electron chi connectivity index (χ1n) is 4.74. The van der Waals surface area contributed by atoms with E-state index < -0.39 is 4.32 Å². The highest BCUT2D eigenvalue weighted by molar-refractivity contribution is 9.10. The molecule has 0 radical (unpaired) electrons. The lowest BCUT2D eigenvalue weighted by molar-refractivity contribution is -0.131. The Bertz CT molecular complexity index is 332. The molecule has 0 aliphatic heterocycles. The molecule has 1 aromatic rings. The van der Waals surface area contributed by atoms with Gasteiger partial charge >= 0.3 is 0 Å². The Balaban J connectivity index is 2.65. The van der Waals surface area contributed by atoms with Crippen molar-refractivity contribution in [3.63, 3.8) is 0 Å². The van der Waals surface area contributed by atoms with Crippen LogP contribution in [-0.2, 0) is 11.3 Å². The molecule has 3 nitrogen and oxygen atoms in total. The van der Waals surface area contributed by atoms with Crippen LogP contribution in [0, 0.1) is 0 Å². The third-order valence-corrected chi connectivity index (χ3v) is 2.34. The van der Waals surface area contributed by atoms with Crippen LogP contribution in [-0.4, -0.2) is 27.2 Å². The highest BCUT2D eigenvalue weighted by Crippen LogP contribution is 2.19. The molecular weight excluding hydrogens is 256 g/mol. The lowest BCUT2D eigenvalue weighted by atomic mass is 10.2. The summed E-state index contributed by atoms with van der Waals surface area (Å²) in [6.45, 7) is 4.27. The molecule has 0 fully saturated rings. The molecule has 0 aliphatic rings. The predicted molar refractivity (Wildman–Crippen MR) is 63.7 cm³/mol. The van der Waals surface area contributed by atoms with Crippen LogP contribution in [0.5, 0.6) is 0 Å². The van der Waals surface area contributed by atoms with Crippen LogP contribution in [0.3, 0.4) is 0 Å². The Morgan fingerprint density at radius 2 is 2.27 bits per heavy atom. The number of halogens is 1. The van der Waals surface area contributed by atoms with Crippen LogP contribution in [0.15, 0.2) is 24.5 Å². The quantitative estimate of drug-likeness (QED) is 0.790. The molecule has 1 aromatic heterocycles. The Hall–Kier alpha value is -0.900. The summed E-state index contributed by atoms with van der Waals surface area (Å²) >= 11 is 3.35. The van der Waals surface area contributed by atoms with E-state index in [4.69, 9.17) is 0 Å². The highest BCUT2D eigenvalue weighted by atomic mass is 79.9. The van der Waals surface area contributed by atoms with Gasteiger partial charge in [-0.25, -0.2) is 0 Å². The number of rotatable bonds is 3. The predicted octanol–water partition coefficient (Wildman–Crippen LogP) is 2.21. The van der Waals surface area contributed by atoms with Crippen LogP contribution in [0.4, 0.5) is 0 Å². The molecule has 0 aliphatic carbocycles. The van der Waals surface area contributed by atoms with Crippen LogP contribution in [0.1, 0.15) is 19.4 Å². The van der Waals surface area contributed by atoms with Gasteiger partial charge in [-0.1, -0.05) is 22.0 Å². The second kappa shape index (κ2) is 4.75.